The predicted octanol–water partition coefficient (Wildman–Crippen LogP) is 5.09. The molecular formula is C25H22Cl2N4O3. The number of para-hydroxylation sites is 1. The number of aromatic amines is 1. The fraction of sp³-hybridized carbons (Fsp3) is 0.160. The van der Waals surface area contributed by atoms with Gasteiger partial charge in [0.15, 0.2) is 6.61 Å². The van der Waals surface area contributed by atoms with Crippen molar-refractivity contribution in [1.29, 1.82) is 0 Å². The number of aryl methyl sites for hydroxylation is 1. The molecule has 0 aliphatic carbocycles. The van der Waals surface area contributed by atoms with Gasteiger partial charge in [-0.25, -0.2) is 0 Å². The quantitative estimate of drug-likeness (QED) is 0.296. The van der Waals surface area contributed by atoms with Gasteiger partial charge in [0, 0.05) is 28.5 Å². The molecule has 0 saturated carbocycles. The van der Waals surface area contributed by atoms with Gasteiger partial charge in [-0.05, 0) is 54.8 Å². The van der Waals surface area contributed by atoms with Crippen molar-refractivity contribution in [3.8, 4) is 17.1 Å². The molecule has 2 amide bonds. The monoisotopic (exact) mass is 496 g/mol. The number of hydrogen-bond donors (Lipinski definition) is 3. The summed E-state index contributed by atoms with van der Waals surface area (Å²) in [4.78, 5) is 32.1. The molecule has 0 fully saturated rings. The van der Waals surface area contributed by atoms with Crippen LogP contribution in [0.2, 0.25) is 10.0 Å². The van der Waals surface area contributed by atoms with Crippen LogP contribution in [0.15, 0.2) is 66.9 Å². The van der Waals surface area contributed by atoms with Crippen LogP contribution in [-0.4, -0.2) is 28.4 Å². The fourth-order valence-corrected chi connectivity index (χ4v) is 4.05. The molecule has 3 N–H and O–H groups in total. The second kappa shape index (κ2) is 11.0. The molecule has 174 valence electrons. The van der Waals surface area contributed by atoms with Crippen LogP contribution in [0.5, 0.6) is 5.75 Å². The van der Waals surface area contributed by atoms with E-state index in [2.05, 4.69) is 26.9 Å². The van der Waals surface area contributed by atoms with Crippen LogP contribution >= 0.6 is 23.2 Å². The van der Waals surface area contributed by atoms with Gasteiger partial charge in [-0.2, -0.15) is 0 Å². The molecule has 4 aromatic rings. The van der Waals surface area contributed by atoms with Gasteiger partial charge in [0.1, 0.15) is 5.75 Å². The molecule has 2 aromatic heterocycles. The number of H-pyrrole nitrogens is 1. The average molecular weight is 497 g/mol. The number of carbonyl (C=O) groups excluding carboxylic acids is 2. The van der Waals surface area contributed by atoms with E-state index in [1.165, 1.54) is 6.07 Å². The zero-order chi connectivity index (χ0) is 23.9. The average Bonchev–Trinajstić information content (AvgIpc) is 3.21. The number of benzene rings is 2. The maximum absolute atomic E-state index is 12.2. The first-order chi connectivity index (χ1) is 16.5. The Kier molecular flexibility index (Phi) is 7.67. The summed E-state index contributed by atoms with van der Waals surface area (Å²) in [5.74, 6) is -0.472. The molecule has 0 aliphatic rings. The molecule has 0 atom stereocenters. The van der Waals surface area contributed by atoms with Crippen LogP contribution in [0.3, 0.4) is 0 Å². The van der Waals surface area contributed by atoms with Gasteiger partial charge < -0.3 is 9.72 Å². The Balaban J connectivity index is 1.28. The number of pyridine rings is 1. The Morgan fingerprint density at radius 1 is 0.971 bits per heavy atom. The van der Waals surface area contributed by atoms with Gasteiger partial charge in [0.2, 0.25) is 5.91 Å². The molecule has 0 radical (unpaired) electrons. The van der Waals surface area contributed by atoms with Crippen LogP contribution in [0.25, 0.3) is 22.3 Å². The number of aromatic nitrogens is 2. The van der Waals surface area contributed by atoms with Crippen molar-refractivity contribution >= 4 is 45.9 Å². The molecule has 9 heteroatoms. The van der Waals surface area contributed by atoms with Crippen molar-refractivity contribution < 1.29 is 14.3 Å². The first-order valence-corrected chi connectivity index (χ1v) is 11.4. The lowest BCUT2D eigenvalue weighted by atomic mass is 10.0. The third-order valence-electron chi connectivity index (χ3n) is 5.16. The number of nitrogens with one attached hydrogen (secondary N) is 3. The van der Waals surface area contributed by atoms with Gasteiger partial charge in [0.05, 0.1) is 16.4 Å². The molecule has 2 aromatic carbocycles. The molecule has 0 spiro atoms. The summed E-state index contributed by atoms with van der Waals surface area (Å²) in [5, 5.41) is 1.87. The molecule has 0 unspecified atom stereocenters. The molecule has 0 bridgehead atoms. The van der Waals surface area contributed by atoms with Crippen molar-refractivity contribution in [2.75, 3.05) is 6.61 Å². The number of rotatable bonds is 8. The van der Waals surface area contributed by atoms with E-state index in [4.69, 9.17) is 27.9 Å². The lowest BCUT2D eigenvalue weighted by molar-refractivity contribution is -0.130. The van der Waals surface area contributed by atoms with Gasteiger partial charge >= 0.3 is 0 Å². The van der Waals surface area contributed by atoms with E-state index in [0.29, 0.717) is 28.6 Å². The third-order valence-corrected chi connectivity index (χ3v) is 5.69. The van der Waals surface area contributed by atoms with E-state index in [0.717, 1.165) is 27.9 Å². The second-order valence-corrected chi connectivity index (χ2v) is 8.40. The summed E-state index contributed by atoms with van der Waals surface area (Å²) in [6.45, 7) is -0.301. The van der Waals surface area contributed by atoms with E-state index in [1.54, 1.807) is 18.3 Å². The van der Waals surface area contributed by atoms with Crippen molar-refractivity contribution in [1.82, 2.24) is 20.8 Å². The van der Waals surface area contributed by atoms with Crippen LogP contribution in [-0.2, 0) is 16.0 Å². The van der Waals surface area contributed by atoms with E-state index in [-0.39, 0.29) is 18.9 Å². The number of amides is 2. The third kappa shape index (κ3) is 5.87. The number of fused-ring (bicyclic) bond motifs is 1. The van der Waals surface area contributed by atoms with Gasteiger partial charge in [0.25, 0.3) is 5.91 Å². The Morgan fingerprint density at radius 2 is 1.76 bits per heavy atom. The first-order valence-electron chi connectivity index (χ1n) is 10.7. The minimum absolute atomic E-state index is 0.241. The number of nitrogens with zero attached hydrogens (tertiary/aromatic N) is 1. The molecule has 2 heterocycles. The summed E-state index contributed by atoms with van der Waals surface area (Å²) in [6, 6.07) is 18.5. The second-order valence-electron chi connectivity index (χ2n) is 7.55. The summed E-state index contributed by atoms with van der Waals surface area (Å²) in [7, 11) is 0. The van der Waals surface area contributed by atoms with E-state index < -0.39 is 5.91 Å². The standard InChI is InChI=1S/C25H22Cl2N4O3/c26-16-11-12-22(19(27)14-16)34-15-24(33)31-30-23(32)10-5-7-18-17-6-1-2-8-20(17)29-25(18)21-9-3-4-13-28-21/h1-4,6,8-9,11-14,29H,5,7,10,15H2,(H,30,32)(H,31,33). The van der Waals surface area contributed by atoms with Gasteiger partial charge in [-0.1, -0.05) is 47.5 Å². The largest absolute Gasteiger partial charge is 0.482 e. The fourth-order valence-electron chi connectivity index (χ4n) is 3.59. The maximum atomic E-state index is 12.2. The van der Waals surface area contributed by atoms with Crippen LogP contribution in [0, 0.1) is 0 Å². The predicted molar refractivity (Wildman–Crippen MR) is 133 cm³/mol. The van der Waals surface area contributed by atoms with Crippen LogP contribution in [0.1, 0.15) is 18.4 Å². The molecule has 0 aliphatic heterocycles. The van der Waals surface area contributed by atoms with Crippen LogP contribution < -0.4 is 15.6 Å². The Hall–Kier alpha value is -3.55. The smallest absolute Gasteiger partial charge is 0.276 e. The van der Waals surface area contributed by atoms with Crippen molar-refractivity contribution in [2.45, 2.75) is 19.3 Å². The highest BCUT2D eigenvalue weighted by Gasteiger charge is 2.14. The van der Waals surface area contributed by atoms with Gasteiger partial charge in [-0.3, -0.25) is 25.4 Å². The van der Waals surface area contributed by atoms with Crippen molar-refractivity contribution in [3.63, 3.8) is 0 Å². The number of hydrogen-bond acceptors (Lipinski definition) is 4. The minimum atomic E-state index is -0.506. The summed E-state index contributed by atoms with van der Waals surface area (Å²) in [5.41, 5.74) is 8.70. The number of carbonyl (C=O) groups is 2. The summed E-state index contributed by atoms with van der Waals surface area (Å²) >= 11 is 11.8. The molecule has 7 nitrogen and oxygen atoms in total. The van der Waals surface area contributed by atoms with E-state index >= 15 is 0 Å². The molecule has 4 rings (SSSR count). The normalized spacial score (nSPS) is 10.8. The number of hydrazine groups is 1. The topological polar surface area (TPSA) is 96.1 Å². The summed E-state index contributed by atoms with van der Waals surface area (Å²) in [6.07, 6.45) is 3.27. The first kappa shape index (κ1) is 23.6. The highest BCUT2D eigenvalue weighted by Crippen LogP contribution is 2.30. The zero-order valence-corrected chi connectivity index (χ0v) is 19.6. The SMILES string of the molecule is O=C(CCCc1c(-c2ccccn2)[nH]c2ccccc12)NNC(=O)COc1ccc(Cl)cc1Cl. The number of ether oxygens (including phenoxy) is 1. The van der Waals surface area contributed by atoms with Gasteiger partial charge in [-0.15, -0.1) is 0 Å². The Labute approximate surface area is 206 Å². The Bertz CT molecular complexity index is 1310. The van der Waals surface area contributed by atoms with Crippen molar-refractivity contribution in [3.05, 3.63) is 82.5 Å². The number of halogens is 2. The van der Waals surface area contributed by atoms with Crippen LogP contribution in [0.4, 0.5) is 0 Å². The minimum Gasteiger partial charge on any atom is -0.482 e. The zero-order valence-electron chi connectivity index (χ0n) is 18.1. The van der Waals surface area contributed by atoms with Crippen molar-refractivity contribution in [2.24, 2.45) is 0 Å². The lowest BCUT2D eigenvalue weighted by Crippen LogP contribution is -2.43. The highest BCUT2D eigenvalue weighted by atomic mass is 35.5. The van der Waals surface area contributed by atoms with E-state index in [9.17, 15) is 9.59 Å². The maximum Gasteiger partial charge on any atom is 0.276 e. The Morgan fingerprint density at radius 3 is 2.56 bits per heavy atom. The van der Waals surface area contributed by atoms with E-state index in [1.807, 2.05) is 36.4 Å². The highest BCUT2D eigenvalue weighted by molar-refractivity contribution is 6.35. The molecular weight excluding hydrogens is 475 g/mol. The molecule has 0 saturated heterocycles. The lowest BCUT2D eigenvalue weighted by Gasteiger charge is -2.10. The molecule has 34 heavy (non-hydrogen) atoms. The summed E-state index contributed by atoms with van der Waals surface area (Å²) < 4.78 is 5.35.